The molecular formula is C28H32N8O. The molecular weight excluding hydrogens is 464 g/mol. The van der Waals surface area contributed by atoms with Gasteiger partial charge in [0, 0.05) is 42.6 Å². The number of nitrogens with zero attached hydrogens (tertiary/aromatic N) is 7. The van der Waals surface area contributed by atoms with Crippen LogP contribution in [0.3, 0.4) is 0 Å². The van der Waals surface area contributed by atoms with Crippen molar-refractivity contribution in [1.82, 2.24) is 39.3 Å². The number of hydrogen-bond donors (Lipinski definition) is 1. The van der Waals surface area contributed by atoms with Crippen LogP contribution in [0.4, 0.5) is 0 Å². The second kappa shape index (κ2) is 10.8. The molecule has 4 aromatic heterocycles. The van der Waals surface area contributed by atoms with Crippen LogP contribution in [0, 0.1) is 5.92 Å². The molecule has 0 aliphatic rings. The molecule has 0 saturated heterocycles. The molecule has 0 atom stereocenters. The fraction of sp³-hybridized carbons (Fsp3) is 0.321. The van der Waals surface area contributed by atoms with Gasteiger partial charge in [-0.05, 0) is 64.1 Å². The number of aryl methyl sites for hydroxylation is 1. The van der Waals surface area contributed by atoms with E-state index in [0.717, 1.165) is 59.6 Å². The molecule has 0 aliphatic heterocycles. The summed E-state index contributed by atoms with van der Waals surface area (Å²) in [5, 5.41) is 14.1. The Hall–Kier alpha value is -4.27. The van der Waals surface area contributed by atoms with Crippen LogP contribution in [-0.2, 0) is 19.5 Å². The Bertz CT molecular complexity index is 1510. The summed E-state index contributed by atoms with van der Waals surface area (Å²) in [6.07, 6.45) is 10.6. The van der Waals surface area contributed by atoms with Crippen molar-refractivity contribution in [1.29, 1.82) is 0 Å². The molecule has 1 aromatic carbocycles. The molecule has 0 amide bonds. The highest BCUT2D eigenvalue weighted by molar-refractivity contribution is 5.69. The number of pyridine rings is 1. The summed E-state index contributed by atoms with van der Waals surface area (Å²) in [4.78, 5) is 18.2. The molecule has 0 fully saturated rings. The van der Waals surface area contributed by atoms with E-state index in [1.54, 1.807) is 10.8 Å². The van der Waals surface area contributed by atoms with Crippen molar-refractivity contribution >= 4 is 0 Å². The van der Waals surface area contributed by atoms with Crippen molar-refractivity contribution in [2.24, 2.45) is 5.92 Å². The first-order chi connectivity index (χ1) is 18.0. The first kappa shape index (κ1) is 24.4. The van der Waals surface area contributed by atoms with Gasteiger partial charge in [0.15, 0.2) is 5.82 Å². The van der Waals surface area contributed by atoms with E-state index in [-0.39, 0.29) is 5.69 Å². The van der Waals surface area contributed by atoms with E-state index >= 15 is 0 Å². The molecule has 9 heteroatoms. The molecule has 37 heavy (non-hydrogen) atoms. The normalized spacial score (nSPS) is 11.5. The van der Waals surface area contributed by atoms with Crippen LogP contribution < -0.4 is 5.69 Å². The molecule has 0 bridgehead atoms. The Kier molecular flexibility index (Phi) is 7.11. The third-order valence-corrected chi connectivity index (χ3v) is 6.51. The lowest BCUT2D eigenvalue weighted by Crippen LogP contribution is -2.26. The summed E-state index contributed by atoms with van der Waals surface area (Å²) in [6, 6.07) is 14.1. The molecule has 5 aromatic rings. The highest BCUT2D eigenvalue weighted by Gasteiger charge is 2.17. The predicted molar refractivity (Wildman–Crippen MR) is 143 cm³/mol. The topological polar surface area (TPSA) is 99.2 Å². The summed E-state index contributed by atoms with van der Waals surface area (Å²) < 4.78 is 5.85. The maximum Gasteiger partial charge on any atom is 0.334 e. The van der Waals surface area contributed by atoms with Crippen molar-refractivity contribution in [3.63, 3.8) is 0 Å². The third-order valence-electron chi connectivity index (χ3n) is 6.51. The lowest BCUT2D eigenvalue weighted by Gasteiger charge is -2.12. The number of imidazole rings is 1. The van der Waals surface area contributed by atoms with Crippen molar-refractivity contribution < 1.29 is 0 Å². The van der Waals surface area contributed by atoms with Gasteiger partial charge in [0.1, 0.15) is 5.82 Å². The lowest BCUT2D eigenvalue weighted by atomic mass is 10.00. The first-order valence-electron chi connectivity index (χ1n) is 12.8. The number of tetrazole rings is 1. The molecule has 5 rings (SSSR count). The van der Waals surface area contributed by atoms with Gasteiger partial charge >= 0.3 is 5.69 Å². The fourth-order valence-corrected chi connectivity index (χ4v) is 4.68. The van der Waals surface area contributed by atoms with E-state index in [1.165, 1.54) is 0 Å². The average molecular weight is 497 g/mol. The molecule has 190 valence electrons. The Morgan fingerprint density at radius 2 is 1.86 bits per heavy atom. The molecule has 4 heterocycles. The SMILES string of the molecule is CCCCc1cn(-c2cccn2CC(C)C)c(=O)n1Cc1cnccc1-c1ccc(-c2nnn[nH]2)cc1. The maximum atomic E-state index is 13.8. The van der Waals surface area contributed by atoms with Crippen molar-refractivity contribution in [3.05, 3.63) is 89.0 Å². The number of H-pyrrole nitrogens is 1. The molecule has 0 saturated carbocycles. The largest absolute Gasteiger partial charge is 0.334 e. The minimum atomic E-state index is -0.0298. The van der Waals surface area contributed by atoms with E-state index in [2.05, 4.69) is 50.9 Å². The average Bonchev–Trinajstić information content (AvgIpc) is 3.65. The summed E-state index contributed by atoms with van der Waals surface area (Å²) in [7, 11) is 0. The van der Waals surface area contributed by atoms with Crippen molar-refractivity contribution in [2.75, 3.05) is 0 Å². The van der Waals surface area contributed by atoms with Gasteiger partial charge in [-0.15, -0.1) is 5.10 Å². The van der Waals surface area contributed by atoms with Crippen LogP contribution in [0.2, 0.25) is 0 Å². The quantitative estimate of drug-likeness (QED) is 0.301. The van der Waals surface area contributed by atoms with Gasteiger partial charge in [-0.25, -0.2) is 9.89 Å². The first-order valence-corrected chi connectivity index (χ1v) is 12.8. The van der Waals surface area contributed by atoms with Crippen LogP contribution in [0.25, 0.3) is 28.3 Å². The van der Waals surface area contributed by atoms with Crippen molar-refractivity contribution in [3.8, 4) is 28.3 Å². The Labute approximate surface area is 215 Å². The number of rotatable bonds is 10. The summed E-state index contributed by atoms with van der Waals surface area (Å²) in [5.74, 6) is 2.00. The van der Waals surface area contributed by atoms with Gasteiger partial charge in [-0.1, -0.05) is 51.5 Å². The summed E-state index contributed by atoms with van der Waals surface area (Å²) in [5.41, 5.74) is 4.99. The molecule has 0 radical (unpaired) electrons. The highest BCUT2D eigenvalue weighted by Crippen LogP contribution is 2.26. The van der Waals surface area contributed by atoms with Crippen LogP contribution in [0.5, 0.6) is 0 Å². The lowest BCUT2D eigenvalue weighted by molar-refractivity contribution is 0.516. The molecule has 1 N–H and O–H groups in total. The predicted octanol–water partition coefficient (Wildman–Crippen LogP) is 4.73. The van der Waals surface area contributed by atoms with Crippen LogP contribution in [0.1, 0.15) is 44.9 Å². The molecule has 0 unspecified atom stereocenters. The fourth-order valence-electron chi connectivity index (χ4n) is 4.68. The van der Waals surface area contributed by atoms with E-state index in [0.29, 0.717) is 18.3 Å². The Morgan fingerprint density at radius 1 is 1.05 bits per heavy atom. The number of unbranched alkanes of at least 4 members (excludes halogenated alkanes) is 1. The number of aromatic nitrogens is 8. The number of benzene rings is 1. The number of nitrogens with one attached hydrogen (secondary N) is 1. The van der Waals surface area contributed by atoms with Crippen LogP contribution in [0.15, 0.2) is 72.0 Å². The van der Waals surface area contributed by atoms with Crippen LogP contribution >= 0.6 is 0 Å². The summed E-state index contributed by atoms with van der Waals surface area (Å²) >= 11 is 0. The monoisotopic (exact) mass is 496 g/mol. The number of aromatic amines is 1. The van der Waals surface area contributed by atoms with Crippen molar-refractivity contribution in [2.45, 2.75) is 53.1 Å². The van der Waals surface area contributed by atoms with E-state index in [4.69, 9.17) is 0 Å². The van der Waals surface area contributed by atoms with E-state index in [9.17, 15) is 4.79 Å². The van der Waals surface area contributed by atoms with Gasteiger partial charge in [-0.3, -0.25) is 14.1 Å². The minimum Gasteiger partial charge on any atom is -0.334 e. The maximum absolute atomic E-state index is 13.8. The number of hydrogen-bond acceptors (Lipinski definition) is 5. The third kappa shape index (κ3) is 5.16. The standard InChI is InChI=1S/C28H32N8O/c1-4-5-7-24-19-36(26-8-6-15-34(26)17-20(2)3)28(37)35(24)18-23-16-29-14-13-25(23)21-9-11-22(12-10-21)27-30-32-33-31-27/h6,8-16,19-20H,4-5,7,17-18H2,1-3H3,(H,30,31,32,33). The zero-order valence-corrected chi connectivity index (χ0v) is 21.5. The molecule has 9 nitrogen and oxygen atoms in total. The zero-order chi connectivity index (χ0) is 25.8. The summed E-state index contributed by atoms with van der Waals surface area (Å²) in [6.45, 7) is 7.85. The highest BCUT2D eigenvalue weighted by atomic mass is 16.1. The van der Waals surface area contributed by atoms with Gasteiger partial charge in [0.25, 0.3) is 0 Å². The van der Waals surface area contributed by atoms with E-state index in [1.807, 2.05) is 65.6 Å². The van der Waals surface area contributed by atoms with Gasteiger partial charge in [-0.2, -0.15) is 0 Å². The second-order valence-corrected chi connectivity index (χ2v) is 9.74. The zero-order valence-electron chi connectivity index (χ0n) is 21.5. The van der Waals surface area contributed by atoms with Gasteiger partial charge < -0.3 is 4.57 Å². The molecule has 0 spiro atoms. The van der Waals surface area contributed by atoms with Gasteiger partial charge in [0.2, 0.25) is 0 Å². The smallest absolute Gasteiger partial charge is 0.334 e. The minimum absolute atomic E-state index is 0.0298. The van der Waals surface area contributed by atoms with Gasteiger partial charge in [0.05, 0.1) is 6.54 Å². The Balaban J connectivity index is 1.52. The Morgan fingerprint density at radius 3 is 2.59 bits per heavy atom. The molecule has 0 aliphatic carbocycles. The second-order valence-electron chi connectivity index (χ2n) is 9.74. The van der Waals surface area contributed by atoms with Crippen LogP contribution in [-0.4, -0.2) is 39.3 Å². The van der Waals surface area contributed by atoms with E-state index < -0.39 is 0 Å².